The Labute approximate surface area is 128 Å². The third-order valence-corrected chi connectivity index (χ3v) is 3.92. The van der Waals surface area contributed by atoms with Gasteiger partial charge in [0.15, 0.2) is 11.3 Å². The average molecular weight is 314 g/mol. The number of pyridine rings is 1. The van der Waals surface area contributed by atoms with Crippen molar-refractivity contribution < 1.29 is 9.90 Å². The third-order valence-electron chi connectivity index (χ3n) is 3.58. The Bertz CT molecular complexity index is 1070. The van der Waals surface area contributed by atoms with E-state index in [9.17, 15) is 9.90 Å². The third kappa shape index (κ3) is 1.56. The van der Waals surface area contributed by atoms with E-state index in [4.69, 9.17) is 0 Å². The first-order valence-corrected chi connectivity index (χ1v) is 7.00. The maximum Gasteiger partial charge on any atom is 0.341 e. The van der Waals surface area contributed by atoms with Gasteiger partial charge in [-0.3, -0.25) is 0 Å². The monoisotopic (exact) mass is 314 g/mol. The van der Waals surface area contributed by atoms with Crippen LogP contribution in [0.1, 0.15) is 17.3 Å². The van der Waals surface area contributed by atoms with Crippen molar-refractivity contribution in [2.75, 3.05) is 0 Å². The van der Waals surface area contributed by atoms with Crippen LogP contribution in [0.25, 0.3) is 27.6 Å². The Morgan fingerprint density at radius 3 is 2.77 bits per heavy atom. The Balaban J connectivity index is 2.27. The van der Waals surface area contributed by atoms with Crippen LogP contribution in [0.3, 0.4) is 0 Å². The first-order chi connectivity index (χ1) is 10.6. The van der Waals surface area contributed by atoms with Gasteiger partial charge in [-0.05, 0) is 6.92 Å². The van der Waals surface area contributed by atoms with E-state index in [-0.39, 0.29) is 11.2 Å². The SMILES string of the molecule is CCn1ncc2c1ncc1c(S)nc3c(C(=O)O)cnn3c12. The van der Waals surface area contributed by atoms with Crippen molar-refractivity contribution in [2.45, 2.75) is 18.5 Å². The number of fused-ring (bicyclic) bond motifs is 5. The number of aryl methyl sites for hydroxylation is 1. The summed E-state index contributed by atoms with van der Waals surface area (Å²) in [5.41, 5.74) is 1.70. The summed E-state index contributed by atoms with van der Waals surface area (Å²) in [4.78, 5) is 19.9. The highest BCUT2D eigenvalue weighted by Gasteiger charge is 2.19. The lowest BCUT2D eigenvalue weighted by molar-refractivity contribution is 0.0698. The summed E-state index contributed by atoms with van der Waals surface area (Å²) in [5, 5.41) is 19.6. The molecule has 9 heteroatoms. The summed E-state index contributed by atoms with van der Waals surface area (Å²) in [6, 6.07) is 0. The number of thiol groups is 1. The van der Waals surface area contributed by atoms with E-state index in [0.29, 0.717) is 28.1 Å². The topological polar surface area (TPSA) is 98.2 Å². The second kappa shape index (κ2) is 4.41. The van der Waals surface area contributed by atoms with Crippen molar-refractivity contribution in [3.8, 4) is 0 Å². The smallest absolute Gasteiger partial charge is 0.341 e. The summed E-state index contributed by atoms with van der Waals surface area (Å²) in [5.74, 6) is -1.08. The molecule has 0 unspecified atom stereocenters. The second-order valence-corrected chi connectivity index (χ2v) is 5.18. The lowest BCUT2D eigenvalue weighted by Crippen LogP contribution is -2.01. The molecular weight excluding hydrogens is 304 g/mol. The zero-order valence-corrected chi connectivity index (χ0v) is 12.3. The number of nitrogens with zero attached hydrogens (tertiary/aromatic N) is 6. The lowest BCUT2D eigenvalue weighted by Gasteiger charge is -2.06. The van der Waals surface area contributed by atoms with Crippen LogP contribution in [-0.2, 0) is 6.54 Å². The van der Waals surface area contributed by atoms with E-state index >= 15 is 0 Å². The average Bonchev–Trinajstić information content (AvgIpc) is 3.09. The molecule has 0 fully saturated rings. The summed E-state index contributed by atoms with van der Waals surface area (Å²) < 4.78 is 3.27. The number of aromatic nitrogens is 6. The quantitative estimate of drug-likeness (QED) is 0.431. The molecule has 110 valence electrons. The fourth-order valence-electron chi connectivity index (χ4n) is 2.56. The normalized spacial score (nSPS) is 11.7. The van der Waals surface area contributed by atoms with Gasteiger partial charge in [-0.2, -0.15) is 10.2 Å². The summed E-state index contributed by atoms with van der Waals surface area (Å²) >= 11 is 4.36. The standard InChI is InChI=1S/C13H10N6O2S/c1-2-18-10-6(4-15-18)9-7(3-14-10)12(22)17-11-8(13(20)21)5-16-19(9)11/h3-5H,2H2,1H3,(H,17,22)(H,20,21). The Morgan fingerprint density at radius 2 is 2.05 bits per heavy atom. The van der Waals surface area contributed by atoms with E-state index in [1.165, 1.54) is 10.7 Å². The molecule has 0 aliphatic rings. The van der Waals surface area contributed by atoms with Crippen molar-refractivity contribution in [2.24, 2.45) is 0 Å². The van der Waals surface area contributed by atoms with Gasteiger partial charge in [0.05, 0.1) is 28.7 Å². The Morgan fingerprint density at radius 1 is 1.23 bits per heavy atom. The zero-order valence-electron chi connectivity index (χ0n) is 11.4. The van der Waals surface area contributed by atoms with Crippen LogP contribution in [0.4, 0.5) is 0 Å². The number of hydrogen-bond donors (Lipinski definition) is 2. The molecule has 4 aromatic heterocycles. The molecule has 4 rings (SSSR count). The fraction of sp³-hybridized carbons (Fsp3) is 0.154. The van der Waals surface area contributed by atoms with Crippen LogP contribution in [0.5, 0.6) is 0 Å². The first kappa shape index (κ1) is 13.0. The van der Waals surface area contributed by atoms with Crippen LogP contribution >= 0.6 is 12.6 Å². The second-order valence-electron chi connectivity index (χ2n) is 4.75. The molecular formula is C13H10N6O2S. The molecule has 8 nitrogen and oxygen atoms in total. The highest BCUT2D eigenvalue weighted by Crippen LogP contribution is 2.28. The van der Waals surface area contributed by atoms with Crippen molar-refractivity contribution >= 4 is 46.2 Å². The van der Waals surface area contributed by atoms with Crippen LogP contribution in [-0.4, -0.2) is 40.4 Å². The molecule has 0 spiro atoms. The van der Waals surface area contributed by atoms with E-state index < -0.39 is 5.97 Å². The maximum atomic E-state index is 11.3. The van der Waals surface area contributed by atoms with Crippen molar-refractivity contribution in [3.63, 3.8) is 0 Å². The molecule has 22 heavy (non-hydrogen) atoms. The van der Waals surface area contributed by atoms with Crippen LogP contribution in [0.15, 0.2) is 23.6 Å². The molecule has 0 aliphatic carbocycles. The number of rotatable bonds is 2. The van der Waals surface area contributed by atoms with Crippen LogP contribution < -0.4 is 0 Å². The molecule has 0 atom stereocenters. The minimum atomic E-state index is -1.08. The number of carbonyl (C=O) groups is 1. The molecule has 0 bridgehead atoms. The molecule has 0 radical (unpaired) electrons. The van der Waals surface area contributed by atoms with Crippen LogP contribution in [0, 0.1) is 0 Å². The molecule has 0 aliphatic heterocycles. The highest BCUT2D eigenvalue weighted by atomic mass is 32.1. The minimum absolute atomic E-state index is 0.0324. The summed E-state index contributed by atoms with van der Waals surface area (Å²) in [7, 11) is 0. The zero-order chi connectivity index (χ0) is 15.4. The van der Waals surface area contributed by atoms with Crippen molar-refractivity contribution in [3.05, 3.63) is 24.2 Å². The summed E-state index contributed by atoms with van der Waals surface area (Å²) in [6.45, 7) is 2.66. The summed E-state index contributed by atoms with van der Waals surface area (Å²) in [6.07, 6.45) is 4.64. The van der Waals surface area contributed by atoms with Gasteiger partial charge in [-0.15, -0.1) is 12.6 Å². The lowest BCUT2D eigenvalue weighted by atomic mass is 10.2. The number of carboxylic acids is 1. The van der Waals surface area contributed by atoms with Gasteiger partial charge < -0.3 is 5.11 Å². The molecule has 4 aromatic rings. The molecule has 0 saturated heterocycles. The van der Waals surface area contributed by atoms with E-state index in [1.54, 1.807) is 17.1 Å². The van der Waals surface area contributed by atoms with Crippen LogP contribution in [0.2, 0.25) is 0 Å². The van der Waals surface area contributed by atoms with Gasteiger partial charge in [-0.1, -0.05) is 0 Å². The predicted molar refractivity (Wildman–Crippen MR) is 81.5 cm³/mol. The number of carboxylic acid groups (broad SMARTS) is 1. The van der Waals surface area contributed by atoms with Crippen molar-refractivity contribution in [1.82, 2.24) is 29.4 Å². The van der Waals surface area contributed by atoms with Gasteiger partial charge in [0.25, 0.3) is 0 Å². The van der Waals surface area contributed by atoms with Gasteiger partial charge in [0.1, 0.15) is 10.6 Å². The molecule has 0 saturated carbocycles. The molecule has 0 aromatic carbocycles. The molecule has 1 N–H and O–H groups in total. The minimum Gasteiger partial charge on any atom is -0.477 e. The van der Waals surface area contributed by atoms with E-state index in [1.807, 2.05) is 6.92 Å². The first-order valence-electron chi connectivity index (χ1n) is 6.56. The number of hydrogen-bond acceptors (Lipinski definition) is 6. The Hall–Kier alpha value is -2.68. The predicted octanol–water partition coefficient (Wildman–Crippen LogP) is 1.63. The van der Waals surface area contributed by atoms with E-state index in [0.717, 1.165) is 5.39 Å². The maximum absolute atomic E-state index is 11.3. The number of aromatic carboxylic acids is 1. The highest BCUT2D eigenvalue weighted by molar-refractivity contribution is 7.80. The van der Waals surface area contributed by atoms with Gasteiger partial charge in [0.2, 0.25) is 0 Å². The fourth-order valence-corrected chi connectivity index (χ4v) is 2.82. The largest absolute Gasteiger partial charge is 0.477 e. The molecule has 0 amide bonds. The van der Waals surface area contributed by atoms with Gasteiger partial charge >= 0.3 is 5.97 Å². The Kier molecular flexibility index (Phi) is 2.61. The van der Waals surface area contributed by atoms with Gasteiger partial charge in [-0.25, -0.2) is 24.0 Å². The van der Waals surface area contributed by atoms with Gasteiger partial charge in [0, 0.05) is 12.7 Å². The van der Waals surface area contributed by atoms with E-state index in [2.05, 4.69) is 32.8 Å². The molecule has 4 heterocycles. The van der Waals surface area contributed by atoms with Crippen molar-refractivity contribution in [1.29, 1.82) is 0 Å².